The Morgan fingerprint density at radius 1 is 1.29 bits per heavy atom. The van der Waals surface area contributed by atoms with Crippen molar-refractivity contribution >= 4 is 0 Å². The van der Waals surface area contributed by atoms with Crippen LogP contribution in [0, 0.1) is 12.8 Å². The number of aryl methyl sites for hydroxylation is 1. The van der Waals surface area contributed by atoms with Crippen molar-refractivity contribution in [1.82, 2.24) is 5.32 Å². The van der Waals surface area contributed by atoms with E-state index in [2.05, 4.69) is 31.3 Å². The summed E-state index contributed by atoms with van der Waals surface area (Å²) in [6.07, 6.45) is 0.318. The van der Waals surface area contributed by atoms with Crippen molar-refractivity contribution in [2.75, 3.05) is 13.1 Å². The molecule has 14 heavy (non-hydrogen) atoms. The average Bonchev–Trinajstić information content (AvgIpc) is 2.06. The molecule has 0 spiro atoms. The second-order valence-corrected chi connectivity index (χ2v) is 4.05. The van der Waals surface area contributed by atoms with E-state index in [4.69, 9.17) is 4.74 Å². The van der Waals surface area contributed by atoms with Crippen LogP contribution in [-0.2, 0) is 0 Å². The highest BCUT2D eigenvalue weighted by Gasteiger charge is 2.24. The number of rotatable bonds is 3. The van der Waals surface area contributed by atoms with Crippen molar-refractivity contribution in [3.63, 3.8) is 0 Å². The molecular weight excluding hydrogens is 174 g/mol. The zero-order valence-electron chi connectivity index (χ0n) is 8.79. The molecule has 0 radical (unpaired) electrons. The maximum Gasteiger partial charge on any atom is 0.119 e. The topological polar surface area (TPSA) is 21.3 Å². The highest BCUT2D eigenvalue weighted by atomic mass is 16.5. The Labute approximate surface area is 85.3 Å². The van der Waals surface area contributed by atoms with Gasteiger partial charge in [0.15, 0.2) is 0 Å². The van der Waals surface area contributed by atoms with E-state index >= 15 is 0 Å². The van der Waals surface area contributed by atoms with Gasteiger partial charge in [-0.15, -0.1) is 0 Å². The molecule has 2 heteroatoms. The number of hydrogen-bond acceptors (Lipinski definition) is 2. The highest BCUT2D eigenvalue weighted by molar-refractivity contribution is 5.26. The Hall–Kier alpha value is -1.02. The zero-order valence-corrected chi connectivity index (χ0v) is 8.79. The standard InChI is InChI=1S/C12H17NO/c1-9-3-5-12(6-4-9)14-10(2)11-7-13-8-11/h3-6,10-11,13H,7-8H2,1-2H3. The molecule has 1 N–H and O–H groups in total. The van der Waals surface area contributed by atoms with Crippen LogP contribution in [-0.4, -0.2) is 19.2 Å². The lowest BCUT2D eigenvalue weighted by molar-refractivity contribution is 0.115. The molecule has 76 valence electrons. The number of benzene rings is 1. The Kier molecular flexibility index (Phi) is 2.73. The van der Waals surface area contributed by atoms with Gasteiger partial charge in [0, 0.05) is 19.0 Å². The molecule has 0 amide bonds. The Morgan fingerprint density at radius 2 is 1.93 bits per heavy atom. The van der Waals surface area contributed by atoms with Crippen LogP contribution in [0.1, 0.15) is 12.5 Å². The van der Waals surface area contributed by atoms with E-state index in [1.807, 2.05) is 12.1 Å². The monoisotopic (exact) mass is 191 g/mol. The van der Waals surface area contributed by atoms with E-state index in [9.17, 15) is 0 Å². The first-order valence-electron chi connectivity index (χ1n) is 5.20. The summed E-state index contributed by atoms with van der Waals surface area (Å²) in [4.78, 5) is 0. The molecule has 1 unspecified atom stereocenters. The summed E-state index contributed by atoms with van der Waals surface area (Å²) in [5.41, 5.74) is 1.27. The lowest BCUT2D eigenvalue weighted by Gasteiger charge is -2.32. The molecule has 1 fully saturated rings. The second-order valence-electron chi connectivity index (χ2n) is 4.05. The van der Waals surface area contributed by atoms with Crippen molar-refractivity contribution < 1.29 is 4.74 Å². The van der Waals surface area contributed by atoms with E-state index in [1.54, 1.807) is 0 Å². The first-order chi connectivity index (χ1) is 6.75. The summed E-state index contributed by atoms with van der Waals surface area (Å²) in [7, 11) is 0. The third-order valence-corrected chi connectivity index (χ3v) is 2.82. The van der Waals surface area contributed by atoms with E-state index in [0.717, 1.165) is 18.8 Å². The van der Waals surface area contributed by atoms with E-state index in [1.165, 1.54) is 5.56 Å². The highest BCUT2D eigenvalue weighted by Crippen LogP contribution is 2.18. The third-order valence-electron chi connectivity index (χ3n) is 2.82. The molecule has 1 aromatic carbocycles. The van der Waals surface area contributed by atoms with Crippen LogP contribution in [0.5, 0.6) is 5.75 Å². The molecular formula is C12H17NO. The van der Waals surface area contributed by atoms with Gasteiger partial charge in [-0.2, -0.15) is 0 Å². The zero-order chi connectivity index (χ0) is 9.97. The van der Waals surface area contributed by atoms with Gasteiger partial charge in [0.25, 0.3) is 0 Å². The molecule has 0 aliphatic carbocycles. The third kappa shape index (κ3) is 2.07. The predicted octanol–water partition coefficient (Wildman–Crippen LogP) is 1.98. The summed E-state index contributed by atoms with van der Waals surface area (Å²) < 4.78 is 5.83. The number of nitrogens with one attached hydrogen (secondary N) is 1. The van der Waals surface area contributed by atoms with Crippen molar-refractivity contribution in [3.05, 3.63) is 29.8 Å². The lowest BCUT2D eigenvalue weighted by atomic mass is 9.97. The molecule has 1 aliphatic heterocycles. The molecule has 1 atom stereocenters. The maximum atomic E-state index is 5.83. The molecule has 1 aromatic rings. The molecule has 0 saturated carbocycles. The molecule has 1 saturated heterocycles. The summed E-state index contributed by atoms with van der Waals surface area (Å²) in [5.74, 6) is 1.66. The Morgan fingerprint density at radius 3 is 2.43 bits per heavy atom. The minimum atomic E-state index is 0.318. The first-order valence-corrected chi connectivity index (χ1v) is 5.20. The van der Waals surface area contributed by atoms with E-state index in [-0.39, 0.29) is 0 Å². The fourth-order valence-electron chi connectivity index (χ4n) is 1.57. The molecule has 0 aromatic heterocycles. The molecule has 2 nitrogen and oxygen atoms in total. The summed E-state index contributed by atoms with van der Waals surface area (Å²) in [6.45, 7) is 6.41. The molecule has 2 rings (SSSR count). The first kappa shape index (κ1) is 9.53. The normalized spacial score (nSPS) is 18.7. The van der Waals surface area contributed by atoms with E-state index < -0.39 is 0 Å². The minimum absolute atomic E-state index is 0.318. The lowest BCUT2D eigenvalue weighted by Crippen LogP contribution is -2.49. The van der Waals surface area contributed by atoms with Crippen molar-refractivity contribution in [2.45, 2.75) is 20.0 Å². The van der Waals surface area contributed by atoms with Crippen LogP contribution in [0.25, 0.3) is 0 Å². The number of ether oxygens (including phenoxy) is 1. The minimum Gasteiger partial charge on any atom is -0.490 e. The van der Waals surface area contributed by atoms with Crippen molar-refractivity contribution in [2.24, 2.45) is 5.92 Å². The quantitative estimate of drug-likeness (QED) is 0.788. The summed E-state index contributed by atoms with van der Waals surface area (Å²) in [6, 6.07) is 8.25. The largest absolute Gasteiger partial charge is 0.490 e. The van der Waals surface area contributed by atoms with Gasteiger partial charge >= 0.3 is 0 Å². The van der Waals surface area contributed by atoms with Crippen LogP contribution < -0.4 is 10.1 Å². The Balaban J connectivity index is 1.92. The summed E-state index contributed by atoms with van der Waals surface area (Å²) in [5, 5.41) is 3.26. The Bertz CT molecular complexity index is 290. The smallest absolute Gasteiger partial charge is 0.119 e. The molecule has 1 aliphatic rings. The average molecular weight is 191 g/mol. The van der Waals surface area contributed by atoms with Crippen LogP contribution in [0.15, 0.2) is 24.3 Å². The van der Waals surface area contributed by atoms with Crippen molar-refractivity contribution in [3.8, 4) is 5.75 Å². The fourth-order valence-corrected chi connectivity index (χ4v) is 1.57. The predicted molar refractivity (Wildman–Crippen MR) is 57.6 cm³/mol. The second kappa shape index (κ2) is 4.01. The molecule has 0 bridgehead atoms. The van der Waals surface area contributed by atoms with Gasteiger partial charge in [0.05, 0.1) is 0 Å². The van der Waals surface area contributed by atoms with Crippen LogP contribution in [0.4, 0.5) is 0 Å². The van der Waals surface area contributed by atoms with Gasteiger partial charge < -0.3 is 10.1 Å². The SMILES string of the molecule is Cc1ccc(OC(C)C2CNC2)cc1. The summed E-state index contributed by atoms with van der Waals surface area (Å²) >= 11 is 0. The van der Waals surface area contributed by atoms with Gasteiger partial charge in [-0.3, -0.25) is 0 Å². The van der Waals surface area contributed by atoms with Gasteiger partial charge in [-0.05, 0) is 26.0 Å². The number of hydrogen-bond donors (Lipinski definition) is 1. The van der Waals surface area contributed by atoms with Crippen LogP contribution >= 0.6 is 0 Å². The van der Waals surface area contributed by atoms with Gasteiger partial charge in [-0.1, -0.05) is 17.7 Å². The van der Waals surface area contributed by atoms with E-state index in [0.29, 0.717) is 12.0 Å². The van der Waals surface area contributed by atoms with Crippen molar-refractivity contribution in [1.29, 1.82) is 0 Å². The van der Waals surface area contributed by atoms with Gasteiger partial charge in [0.1, 0.15) is 11.9 Å². The maximum absolute atomic E-state index is 5.83. The fraction of sp³-hybridized carbons (Fsp3) is 0.500. The van der Waals surface area contributed by atoms with Crippen LogP contribution in [0.2, 0.25) is 0 Å². The van der Waals surface area contributed by atoms with Gasteiger partial charge in [0.2, 0.25) is 0 Å². The molecule has 1 heterocycles. The van der Waals surface area contributed by atoms with Gasteiger partial charge in [-0.25, -0.2) is 0 Å². The van der Waals surface area contributed by atoms with Crippen LogP contribution in [0.3, 0.4) is 0 Å².